The van der Waals surface area contributed by atoms with Gasteiger partial charge in [-0.2, -0.15) is 13.2 Å². The molecule has 0 radical (unpaired) electrons. The standard InChI is InChI=1S/C18H16F3N3OS/c1-10-2-4-11(5-3-10)6-8-23-16(25)15-14(22)13-12(18(19,20)21)7-9-24-17(13)26-15/h2-5,7,9H,6,8,22H2,1H3,(H,23,25). The Morgan fingerprint density at radius 2 is 1.92 bits per heavy atom. The van der Waals surface area contributed by atoms with Gasteiger partial charge in [-0.1, -0.05) is 29.8 Å². The number of nitrogens with zero attached hydrogens (tertiary/aromatic N) is 1. The number of anilines is 1. The highest BCUT2D eigenvalue weighted by Gasteiger charge is 2.35. The number of aryl methyl sites for hydroxylation is 1. The van der Waals surface area contributed by atoms with Crippen LogP contribution in [0.5, 0.6) is 0 Å². The van der Waals surface area contributed by atoms with Crippen LogP contribution in [0.1, 0.15) is 26.4 Å². The highest BCUT2D eigenvalue weighted by molar-refractivity contribution is 7.21. The van der Waals surface area contributed by atoms with Gasteiger partial charge in [-0.05, 0) is 25.0 Å². The van der Waals surface area contributed by atoms with Gasteiger partial charge in [0.2, 0.25) is 0 Å². The van der Waals surface area contributed by atoms with Crippen LogP contribution in [0.3, 0.4) is 0 Å². The van der Waals surface area contributed by atoms with Crippen molar-refractivity contribution < 1.29 is 18.0 Å². The quantitative estimate of drug-likeness (QED) is 0.715. The molecule has 0 unspecified atom stereocenters. The van der Waals surface area contributed by atoms with Crippen molar-refractivity contribution in [2.75, 3.05) is 12.3 Å². The van der Waals surface area contributed by atoms with Crippen molar-refractivity contribution in [1.82, 2.24) is 10.3 Å². The number of carbonyl (C=O) groups is 1. The summed E-state index contributed by atoms with van der Waals surface area (Å²) in [5.74, 6) is -0.495. The maximum absolute atomic E-state index is 13.1. The maximum Gasteiger partial charge on any atom is 0.417 e. The molecule has 0 atom stereocenters. The molecule has 2 heterocycles. The van der Waals surface area contributed by atoms with Gasteiger partial charge in [-0.15, -0.1) is 11.3 Å². The minimum atomic E-state index is -4.56. The average molecular weight is 379 g/mol. The van der Waals surface area contributed by atoms with Crippen molar-refractivity contribution in [2.24, 2.45) is 0 Å². The Kier molecular flexibility index (Phi) is 4.86. The van der Waals surface area contributed by atoms with Crippen LogP contribution >= 0.6 is 11.3 Å². The van der Waals surface area contributed by atoms with Crippen molar-refractivity contribution in [1.29, 1.82) is 0 Å². The van der Waals surface area contributed by atoms with Gasteiger partial charge in [0.05, 0.1) is 11.3 Å². The zero-order valence-corrected chi connectivity index (χ0v) is 14.7. The molecule has 0 aliphatic carbocycles. The second-order valence-corrected chi connectivity index (χ2v) is 6.87. The molecule has 0 aliphatic rings. The second-order valence-electron chi connectivity index (χ2n) is 5.87. The van der Waals surface area contributed by atoms with E-state index in [4.69, 9.17) is 5.73 Å². The lowest BCUT2D eigenvalue weighted by molar-refractivity contribution is -0.136. The van der Waals surface area contributed by atoms with Crippen LogP contribution < -0.4 is 11.1 Å². The SMILES string of the molecule is Cc1ccc(CCNC(=O)c2sc3nccc(C(F)(F)F)c3c2N)cc1. The summed E-state index contributed by atoms with van der Waals surface area (Å²) in [6, 6.07) is 8.76. The molecule has 8 heteroatoms. The third-order valence-corrected chi connectivity index (χ3v) is 5.07. The molecule has 0 aliphatic heterocycles. The number of hydrogen-bond acceptors (Lipinski definition) is 4. The number of halogens is 3. The van der Waals surface area contributed by atoms with E-state index in [0.717, 1.165) is 34.7 Å². The van der Waals surface area contributed by atoms with Gasteiger partial charge >= 0.3 is 6.18 Å². The van der Waals surface area contributed by atoms with Crippen LogP contribution in [0.15, 0.2) is 36.5 Å². The van der Waals surface area contributed by atoms with Gasteiger partial charge < -0.3 is 11.1 Å². The summed E-state index contributed by atoms with van der Waals surface area (Å²) in [4.78, 5) is 16.4. The van der Waals surface area contributed by atoms with Crippen molar-refractivity contribution in [3.63, 3.8) is 0 Å². The third-order valence-electron chi connectivity index (χ3n) is 3.96. The first kappa shape index (κ1) is 18.2. The van der Waals surface area contributed by atoms with E-state index >= 15 is 0 Å². The molecule has 1 amide bonds. The number of aromatic nitrogens is 1. The van der Waals surface area contributed by atoms with E-state index in [0.29, 0.717) is 13.0 Å². The molecule has 1 aromatic carbocycles. The molecule has 4 nitrogen and oxygen atoms in total. The summed E-state index contributed by atoms with van der Waals surface area (Å²) in [5.41, 5.74) is 6.98. The fourth-order valence-electron chi connectivity index (χ4n) is 2.61. The summed E-state index contributed by atoms with van der Waals surface area (Å²) in [5, 5.41) is 2.49. The number of thiophene rings is 1. The third kappa shape index (κ3) is 3.65. The lowest BCUT2D eigenvalue weighted by Gasteiger charge is -2.08. The lowest BCUT2D eigenvalue weighted by Crippen LogP contribution is -2.25. The van der Waals surface area contributed by atoms with Crippen LogP contribution in [-0.2, 0) is 12.6 Å². The number of nitrogens with one attached hydrogen (secondary N) is 1. The molecule has 0 saturated heterocycles. The number of nitrogen functional groups attached to an aromatic ring is 1. The second kappa shape index (κ2) is 6.95. The summed E-state index contributed by atoms with van der Waals surface area (Å²) >= 11 is 0.862. The molecule has 0 saturated carbocycles. The highest BCUT2D eigenvalue weighted by Crippen LogP contribution is 2.41. The van der Waals surface area contributed by atoms with E-state index in [-0.39, 0.29) is 20.8 Å². The molecule has 26 heavy (non-hydrogen) atoms. The summed E-state index contributed by atoms with van der Waals surface area (Å²) in [6.07, 6.45) is -2.88. The maximum atomic E-state index is 13.1. The molecular weight excluding hydrogens is 363 g/mol. The van der Waals surface area contributed by atoms with E-state index in [2.05, 4.69) is 10.3 Å². The first-order chi connectivity index (χ1) is 12.3. The molecule has 3 N–H and O–H groups in total. The molecule has 2 aromatic heterocycles. The van der Waals surface area contributed by atoms with E-state index in [1.165, 1.54) is 0 Å². The summed E-state index contributed by atoms with van der Waals surface area (Å²) in [6.45, 7) is 2.34. The molecule has 0 bridgehead atoms. The Balaban J connectivity index is 1.78. The Morgan fingerprint density at radius 3 is 2.58 bits per heavy atom. The number of alkyl halides is 3. The fraction of sp³-hybridized carbons (Fsp3) is 0.222. The summed E-state index contributed by atoms with van der Waals surface area (Å²) < 4.78 is 39.4. The predicted octanol–water partition coefficient (Wildman–Crippen LogP) is 4.18. The molecule has 3 rings (SSSR count). The Morgan fingerprint density at radius 1 is 1.23 bits per heavy atom. The predicted molar refractivity (Wildman–Crippen MR) is 96.3 cm³/mol. The van der Waals surface area contributed by atoms with Crippen molar-refractivity contribution in [3.8, 4) is 0 Å². The van der Waals surface area contributed by atoms with Crippen LogP contribution in [0.4, 0.5) is 18.9 Å². The summed E-state index contributed by atoms with van der Waals surface area (Å²) in [7, 11) is 0. The largest absolute Gasteiger partial charge is 0.417 e. The zero-order valence-electron chi connectivity index (χ0n) is 13.9. The van der Waals surface area contributed by atoms with E-state index in [1.807, 2.05) is 31.2 Å². The number of pyridine rings is 1. The van der Waals surface area contributed by atoms with E-state index in [9.17, 15) is 18.0 Å². The first-order valence-corrected chi connectivity index (χ1v) is 8.67. The van der Waals surface area contributed by atoms with Crippen molar-refractivity contribution >= 4 is 33.1 Å². The first-order valence-electron chi connectivity index (χ1n) is 7.85. The van der Waals surface area contributed by atoms with E-state index in [1.54, 1.807) is 0 Å². The van der Waals surface area contributed by atoms with Gasteiger partial charge in [-0.25, -0.2) is 4.98 Å². The Bertz CT molecular complexity index is 949. The van der Waals surface area contributed by atoms with Gasteiger partial charge in [0.15, 0.2) is 0 Å². The average Bonchev–Trinajstić information content (AvgIpc) is 2.93. The molecular formula is C18H16F3N3OS. The molecule has 0 spiro atoms. The number of benzene rings is 1. The topological polar surface area (TPSA) is 68.0 Å². The van der Waals surface area contributed by atoms with Gasteiger partial charge in [0, 0.05) is 18.1 Å². The molecule has 136 valence electrons. The Labute approximate surface area is 151 Å². The highest BCUT2D eigenvalue weighted by atomic mass is 32.1. The number of amides is 1. The zero-order chi connectivity index (χ0) is 18.9. The van der Waals surface area contributed by atoms with Gasteiger partial charge in [0.25, 0.3) is 5.91 Å². The number of fused-ring (bicyclic) bond motifs is 1. The number of rotatable bonds is 4. The number of nitrogens with two attached hydrogens (primary N) is 1. The lowest BCUT2D eigenvalue weighted by atomic mass is 10.1. The minimum Gasteiger partial charge on any atom is -0.397 e. The van der Waals surface area contributed by atoms with Gasteiger partial charge in [-0.3, -0.25) is 4.79 Å². The molecule has 0 fully saturated rings. The van der Waals surface area contributed by atoms with Crippen LogP contribution in [-0.4, -0.2) is 17.4 Å². The van der Waals surface area contributed by atoms with Crippen LogP contribution in [0, 0.1) is 6.92 Å². The van der Waals surface area contributed by atoms with Gasteiger partial charge in [0.1, 0.15) is 9.71 Å². The number of hydrogen-bond donors (Lipinski definition) is 2. The molecule has 3 aromatic rings. The van der Waals surface area contributed by atoms with Crippen LogP contribution in [0.25, 0.3) is 10.2 Å². The van der Waals surface area contributed by atoms with Crippen molar-refractivity contribution in [2.45, 2.75) is 19.5 Å². The monoisotopic (exact) mass is 379 g/mol. The minimum absolute atomic E-state index is 0.0492. The number of carbonyl (C=O) groups excluding carboxylic acids is 1. The van der Waals surface area contributed by atoms with Crippen molar-refractivity contribution in [3.05, 3.63) is 58.1 Å². The fourth-order valence-corrected chi connectivity index (χ4v) is 3.61. The Hall–Kier alpha value is -2.61. The smallest absolute Gasteiger partial charge is 0.397 e. The van der Waals surface area contributed by atoms with Crippen LogP contribution in [0.2, 0.25) is 0 Å². The van der Waals surface area contributed by atoms with E-state index < -0.39 is 17.6 Å². The normalized spacial score (nSPS) is 11.7.